The van der Waals surface area contributed by atoms with E-state index in [1.165, 1.54) is 17.1 Å². The van der Waals surface area contributed by atoms with Gasteiger partial charge in [-0.3, -0.25) is 0 Å². The molecule has 1 amide bonds. The van der Waals surface area contributed by atoms with Gasteiger partial charge in [-0.1, -0.05) is 35.5 Å². The van der Waals surface area contributed by atoms with Gasteiger partial charge in [0.15, 0.2) is 0 Å². The van der Waals surface area contributed by atoms with Gasteiger partial charge in [0.2, 0.25) is 11.7 Å². The first-order valence-corrected chi connectivity index (χ1v) is 10.5. The normalized spacial score (nSPS) is 12.8. The highest BCUT2D eigenvalue weighted by molar-refractivity contribution is 5.70. The average Bonchev–Trinajstić information content (AvgIpc) is 3.35. The van der Waals surface area contributed by atoms with Gasteiger partial charge in [0.25, 0.3) is 0 Å². The van der Waals surface area contributed by atoms with Gasteiger partial charge in [-0.05, 0) is 41.5 Å². The summed E-state index contributed by atoms with van der Waals surface area (Å²) in [5.74, 6) is 0.576. The zero-order valence-electron chi connectivity index (χ0n) is 19.7. The van der Waals surface area contributed by atoms with Gasteiger partial charge in [0, 0.05) is 18.2 Å². The monoisotopic (exact) mass is 455 g/mol. The molecule has 10 heteroatoms. The number of carbonyl (C=O) groups is 2. The number of nitrogens with zero attached hydrogens (tertiary/aromatic N) is 4. The minimum absolute atomic E-state index is 0.186. The first-order chi connectivity index (χ1) is 15.4. The molecule has 1 atom stereocenters. The van der Waals surface area contributed by atoms with E-state index < -0.39 is 29.4 Å². The number of alkyl carbamates (subject to hydrolysis) is 1. The Morgan fingerprint density at radius 1 is 1.06 bits per heavy atom. The van der Waals surface area contributed by atoms with Crippen molar-refractivity contribution in [3.05, 3.63) is 54.4 Å². The SMILES string of the molecule is CC(C)(C)OC(=O)NC(Cc1cn(C(=O)OC(C)(C)C)cn1)c1nc(-c2ccccc2)no1. The second-order valence-electron chi connectivity index (χ2n) is 9.48. The number of amides is 1. The Hall–Kier alpha value is -3.69. The highest BCUT2D eigenvalue weighted by Crippen LogP contribution is 2.22. The Morgan fingerprint density at radius 2 is 1.73 bits per heavy atom. The number of nitrogens with one attached hydrogen (secondary N) is 1. The van der Waals surface area contributed by atoms with E-state index in [0.717, 1.165) is 5.56 Å². The van der Waals surface area contributed by atoms with Crippen molar-refractivity contribution in [2.75, 3.05) is 0 Å². The molecule has 1 unspecified atom stereocenters. The molecule has 33 heavy (non-hydrogen) atoms. The van der Waals surface area contributed by atoms with Crippen LogP contribution in [0.25, 0.3) is 11.4 Å². The Bertz CT molecular complexity index is 1090. The lowest BCUT2D eigenvalue weighted by Gasteiger charge is -2.22. The van der Waals surface area contributed by atoms with Gasteiger partial charge in [0.1, 0.15) is 23.6 Å². The molecular weight excluding hydrogens is 426 g/mol. The quantitative estimate of drug-likeness (QED) is 0.596. The zero-order chi connectivity index (χ0) is 24.2. The van der Waals surface area contributed by atoms with Crippen molar-refractivity contribution in [3.8, 4) is 11.4 Å². The summed E-state index contributed by atoms with van der Waals surface area (Å²) >= 11 is 0. The van der Waals surface area contributed by atoms with Crippen molar-refractivity contribution in [1.82, 2.24) is 25.0 Å². The Balaban J connectivity index is 1.82. The lowest BCUT2D eigenvalue weighted by Crippen LogP contribution is -2.36. The highest BCUT2D eigenvalue weighted by atomic mass is 16.6. The van der Waals surface area contributed by atoms with Crippen LogP contribution in [-0.4, -0.2) is 43.1 Å². The number of rotatable bonds is 5. The largest absolute Gasteiger partial charge is 0.444 e. The van der Waals surface area contributed by atoms with Crippen LogP contribution in [-0.2, 0) is 15.9 Å². The molecule has 2 aromatic heterocycles. The van der Waals surface area contributed by atoms with E-state index in [9.17, 15) is 9.59 Å². The standard InChI is InChI=1S/C23H29N5O5/c1-22(2,3)31-20(29)25-17(19-26-18(27-33-19)15-10-8-7-9-11-15)12-16-13-28(14-24-16)21(30)32-23(4,5)6/h7-11,13-14,17H,12H2,1-6H3,(H,25,29). The van der Waals surface area contributed by atoms with Crippen LogP contribution in [0.15, 0.2) is 47.4 Å². The number of imidazole rings is 1. The van der Waals surface area contributed by atoms with E-state index in [2.05, 4.69) is 20.4 Å². The maximum atomic E-state index is 12.5. The fourth-order valence-corrected chi connectivity index (χ4v) is 2.82. The molecular formula is C23H29N5O5. The third kappa shape index (κ3) is 7.16. The fourth-order valence-electron chi connectivity index (χ4n) is 2.82. The summed E-state index contributed by atoms with van der Waals surface area (Å²) in [4.78, 5) is 33.5. The molecule has 3 rings (SSSR count). The van der Waals surface area contributed by atoms with E-state index in [1.807, 2.05) is 30.3 Å². The number of hydrogen-bond acceptors (Lipinski definition) is 8. The lowest BCUT2D eigenvalue weighted by atomic mass is 10.1. The summed E-state index contributed by atoms with van der Waals surface area (Å²) in [6.07, 6.45) is 1.88. The van der Waals surface area contributed by atoms with E-state index in [1.54, 1.807) is 41.5 Å². The van der Waals surface area contributed by atoms with Crippen LogP contribution in [0.4, 0.5) is 9.59 Å². The third-order valence-electron chi connectivity index (χ3n) is 4.12. The van der Waals surface area contributed by atoms with Gasteiger partial charge in [0.05, 0.1) is 5.69 Å². The summed E-state index contributed by atoms with van der Waals surface area (Å²) in [5.41, 5.74) is -0.0317. The number of hydrogen-bond donors (Lipinski definition) is 1. The molecule has 3 aromatic rings. The van der Waals surface area contributed by atoms with Crippen LogP contribution in [0.1, 0.15) is 59.2 Å². The molecule has 0 spiro atoms. The molecule has 0 saturated heterocycles. The van der Waals surface area contributed by atoms with Crippen molar-refractivity contribution < 1.29 is 23.6 Å². The average molecular weight is 456 g/mol. The van der Waals surface area contributed by atoms with E-state index >= 15 is 0 Å². The molecule has 176 valence electrons. The molecule has 1 N–H and O–H groups in total. The van der Waals surface area contributed by atoms with Gasteiger partial charge >= 0.3 is 12.2 Å². The highest BCUT2D eigenvalue weighted by Gasteiger charge is 2.27. The van der Waals surface area contributed by atoms with Crippen LogP contribution in [0, 0.1) is 0 Å². The Morgan fingerprint density at radius 3 is 2.36 bits per heavy atom. The molecule has 0 radical (unpaired) electrons. The zero-order valence-corrected chi connectivity index (χ0v) is 19.7. The molecule has 10 nitrogen and oxygen atoms in total. The molecule has 1 aromatic carbocycles. The van der Waals surface area contributed by atoms with Crippen LogP contribution >= 0.6 is 0 Å². The maximum Gasteiger partial charge on any atom is 0.419 e. The third-order valence-corrected chi connectivity index (χ3v) is 4.12. The van der Waals surface area contributed by atoms with Crippen molar-refractivity contribution in [2.24, 2.45) is 0 Å². The van der Waals surface area contributed by atoms with Crippen molar-refractivity contribution >= 4 is 12.2 Å². The van der Waals surface area contributed by atoms with Crippen molar-refractivity contribution in [2.45, 2.75) is 65.2 Å². The van der Waals surface area contributed by atoms with Crippen molar-refractivity contribution in [3.63, 3.8) is 0 Å². The molecule has 2 heterocycles. The van der Waals surface area contributed by atoms with Gasteiger partial charge in [-0.2, -0.15) is 4.98 Å². The fraction of sp³-hybridized carbons (Fsp3) is 0.435. The molecule has 0 aliphatic carbocycles. The van der Waals surface area contributed by atoms with Crippen LogP contribution in [0.5, 0.6) is 0 Å². The smallest absolute Gasteiger partial charge is 0.419 e. The second kappa shape index (κ2) is 9.43. The topological polar surface area (TPSA) is 121 Å². The predicted octanol–water partition coefficient (Wildman–Crippen LogP) is 4.52. The van der Waals surface area contributed by atoms with Gasteiger partial charge in [-0.15, -0.1) is 0 Å². The second-order valence-corrected chi connectivity index (χ2v) is 9.48. The number of aromatic nitrogens is 4. The first kappa shape index (κ1) is 24.0. The Kier molecular flexibility index (Phi) is 6.85. The number of benzene rings is 1. The molecule has 0 saturated carbocycles. The first-order valence-electron chi connectivity index (χ1n) is 10.5. The molecule has 0 aliphatic rings. The summed E-state index contributed by atoms with van der Waals surface area (Å²) < 4.78 is 17.4. The van der Waals surface area contributed by atoms with E-state index in [0.29, 0.717) is 11.5 Å². The summed E-state index contributed by atoms with van der Waals surface area (Å²) in [6, 6.07) is 8.60. The molecule has 0 fully saturated rings. The summed E-state index contributed by atoms with van der Waals surface area (Å²) in [5, 5.41) is 6.78. The van der Waals surface area contributed by atoms with E-state index in [4.69, 9.17) is 14.0 Å². The predicted molar refractivity (Wildman–Crippen MR) is 119 cm³/mol. The number of ether oxygens (including phenoxy) is 2. The Labute approximate surface area is 192 Å². The molecule has 0 aliphatic heterocycles. The van der Waals surface area contributed by atoms with E-state index in [-0.39, 0.29) is 12.3 Å². The van der Waals surface area contributed by atoms with Crippen LogP contribution in [0.2, 0.25) is 0 Å². The summed E-state index contributed by atoms with van der Waals surface area (Å²) in [6.45, 7) is 10.6. The minimum Gasteiger partial charge on any atom is -0.444 e. The minimum atomic E-state index is -0.730. The van der Waals surface area contributed by atoms with Crippen LogP contribution in [0.3, 0.4) is 0 Å². The maximum absolute atomic E-state index is 12.5. The molecule has 0 bridgehead atoms. The number of carbonyl (C=O) groups excluding carboxylic acids is 2. The van der Waals surface area contributed by atoms with Gasteiger partial charge < -0.3 is 19.3 Å². The van der Waals surface area contributed by atoms with Crippen LogP contribution < -0.4 is 5.32 Å². The van der Waals surface area contributed by atoms with Gasteiger partial charge in [-0.25, -0.2) is 19.1 Å². The van der Waals surface area contributed by atoms with Crippen molar-refractivity contribution in [1.29, 1.82) is 0 Å². The summed E-state index contributed by atoms with van der Waals surface area (Å²) in [7, 11) is 0. The lowest BCUT2D eigenvalue weighted by molar-refractivity contribution is 0.0489.